The van der Waals surface area contributed by atoms with Crippen molar-refractivity contribution in [3.05, 3.63) is 89.2 Å². The summed E-state index contributed by atoms with van der Waals surface area (Å²) in [5, 5.41) is 2.88. The zero-order chi connectivity index (χ0) is 22.3. The Balaban J connectivity index is 1.58. The highest BCUT2D eigenvalue weighted by Crippen LogP contribution is 2.26. The fourth-order valence-electron chi connectivity index (χ4n) is 2.65. The molecule has 31 heavy (non-hydrogen) atoms. The number of benzene rings is 3. The van der Waals surface area contributed by atoms with E-state index < -0.39 is 15.8 Å². The molecule has 0 aliphatic rings. The fraction of sp³-hybridized carbons (Fsp3) is 0.136. The highest BCUT2D eigenvalue weighted by atomic mass is 35.5. The quantitative estimate of drug-likeness (QED) is 0.459. The molecule has 0 unspecified atom stereocenters. The molecule has 0 aliphatic carbocycles. The molecule has 3 rings (SSSR count). The van der Waals surface area contributed by atoms with E-state index in [1.165, 1.54) is 18.2 Å². The molecular formula is C22H20ClFN2O4S. The number of hydrogen-bond donors (Lipinski definition) is 2. The molecule has 3 aromatic carbocycles. The third-order valence-corrected chi connectivity index (χ3v) is 5.93. The lowest BCUT2D eigenvalue weighted by atomic mass is 10.2. The molecule has 0 aliphatic heterocycles. The van der Waals surface area contributed by atoms with Gasteiger partial charge in [0.25, 0.3) is 15.9 Å². The van der Waals surface area contributed by atoms with Gasteiger partial charge in [0, 0.05) is 12.1 Å². The van der Waals surface area contributed by atoms with Gasteiger partial charge >= 0.3 is 0 Å². The molecule has 162 valence electrons. The van der Waals surface area contributed by atoms with Gasteiger partial charge in [0.2, 0.25) is 0 Å². The molecule has 0 fully saturated rings. The average molecular weight is 463 g/mol. The van der Waals surface area contributed by atoms with Crippen LogP contribution in [0.5, 0.6) is 5.75 Å². The maximum Gasteiger partial charge on any atom is 0.261 e. The van der Waals surface area contributed by atoms with Crippen molar-refractivity contribution < 1.29 is 22.3 Å². The Labute approximate surface area is 185 Å². The lowest BCUT2D eigenvalue weighted by Gasteiger charge is -2.12. The van der Waals surface area contributed by atoms with Gasteiger partial charge < -0.3 is 10.1 Å². The molecule has 6 nitrogen and oxygen atoms in total. The molecule has 0 saturated heterocycles. The molecule has 0 spiro atoms. The minimum Gasteiger partial charge on any atom is -0.494 e. The predicted molar refractivity (Wildman–Crippen MR) is 118 cm³/mol. The SMILES string of the molecule is O=C(NCCCOc1ccccc1)c1ccc(Cl)c(NS(=O)(=O)c2ccc(F)cc2)c1. The standard InChI is InChI=1S/C22H20ClFN2O4S/c23-20-12-7-16(22(27)25-13-4-14-30-18-5-2-1-3-6-18)15-21(20)26-31(28,29)19-10-8-17(24)9-11-19/h1-3,5-12,15,26H,4,13-14H2,(H,25,27). The smallest absolute Gasteiger partial charge is 0.261 e. The van der Waals surface area contributed by atoms with Crippen molar-refractivity contribution in [2.75, 3.05) is 17.9 Å². The summed E-state index contributed by atoms with van der Waals surface area (Å²) in [6, 6.07) is 18.0. The van der Waals surface area contributed by atoms with E-state index in [-0.39, 0.29) is 27.1 Å². The molecule has 0 bridgehead atoms. The number of hydrogen-bond acceptors (Lipinski definition) is 4. The van der Waals surface area contributed by atoms with Crippen molar-refractivity contribution in [3.8, 4) is 5.75 Å². The number of ether oxygens (including phenoxy) is 1. The topological polar surface area (TPSA) is 84.5 Å². The van der Waals surface area contributed by atoms with Gasteiger partial charge in [0.15, 0.2) is 0 Å². The molecule has 2 N–H and O–H groups in total. The second-order valence-corrected chi connectivity index (χ2v) is 8.61. The number of carbonyl (C=O) groups excluding carboxylic acids is 1. The Morgan fingerprint density at radius 1 is 1.00 bits per heavy atom. The summed E-state index contributed by atoms with van der Waals surface area (Å²) in [5.74, 6) is -0.173. The molecule has 9 heteroatoms. The minimum absolute atomic E-state index is 0.0473. The van der Waals surface area contributed by atoms with Gasteiger partial charge in [-0.1, -0.05) is 29.8 Å². The van der Waals surface area contributed by atoms with Crippen LogP contribution in [0.2, 0.25) is 5.02 Å². The van der Waals surface area contributed by atoms with Gasteiger partial charge in [0.05, 0.1) is 22.2 Å². The monoisotopic (exact) mass is 462 g/mol. The summed E-state index contributed by atoms with van der Waals surface area (Å²) < 4.78 is 46.0. The Bertz CT molecular complexity index is 1140. The van der Waals surface area contributed by atoms with Gasteiger partial charge in [-0.15, -0.1) is 0 Å². The third-order valence-electron chi connectivity index (χ3n) is 4.22. The Kier molecular flexibility index (Phi) is 7.49. The number of amides is 1. The number of sulfonamides is 1. The van der Waals surface area contributed by atoms with Crippen molar-refractivity contribution in [1.82, 2.24) is 5.32 Å². The van der Waals surface area contributed by atoms with Gasteiger partial charge in [-0.2, -0.15) is 0 Å². The van der Waals surface area contributed by atoms with Crippen molar-refractivity contribution in [1.29, 1.82) is 0 Å². The van der Waals surface area contributed by atoms with E-state index in [9.17, 15) is 17.6 Å². The summed E-state index contributed by atoms with van der Waals surface area (Å²) in [6.07, 6.45) is 0.596. The van der Waals surface area contributed by atoms with Gasteiger partial charge in [-0.3, -0.25) is 9.52 Å². The van der Waals surface area contributed by atoms with Crippen LogP contribution in [0.4, 0.5) is 10.1 Å². The van der Waals surface area contributed by atoms with E-state index in [2.05, 4.69) is 10.0 Å². The third kappa shape index (κ3) is 6.44. The maximum absolute atomic E-state index is 13.1. The minimum atomic E-state index is -4.00. The zero-order valence-corrected chi connectivity index (χ0v) is 17.9. The number of anilines is 1. The lowest BCUT2D eigenvalue weighted by Crippen LogP contribution is -2.25. The van der Waals surface area contributed by atoms with Crippen LogP contribution in [0, 0.1) is 5.82 Å². The fourth-order valence-corrected chi connectivity index (χ4v) is 3.94. The molecule has 0 radical (unpaired) electrons. The van der Waals surface area contributed by atoms with E-state index in [1.807, 2.05) is 30.3 Å². The first-order valence-corrected chi connectivity index (χ1v) is 11.3. The van der Waals surface area contributed by atoms with E-state index in [4.69, 9.17) is 16.3 Å². The Morgan fingerprint density at radius 3 is 2.42 bits per heavy atom. The second-order valence-electron chi connectivity index (χ2n) is 6.53. The highest BCUT2D eigenvalue weighted by Gasteiger charge is 2.17. The predicted octanol–water partition coefficient (Wildman–Crippen LogP) is 4.48. The maximum atomic E-state index is 13.1. The molecule has 0 atom stereocenters. The van der Waals surface area contributed by atoms with Crippen LogP contribution in [0.25, 0.3) is 0 Å². The lowest BCUT2D eigenvalue weighted by molar-refractivity contribution is 0.0951. The second kappa shape index (κ2) is 10.3. The van der Waals surface area contributed by atoms with Crippen molar-refractivity contribution in [3.63, 3.8) is 0 Å². The first kappa shape index (κ1) is 22.6. The number of carbonyl (C=O) groups is 1. The summed E-state index contributed by atoms with van der Waals surface area (Å²) in [5.41, 5.74) is 0.288. The van der Waals surface area contributed by atoms with E-state index in [0.29, 0.717) is 19.6 Å². The van der Waals surface area contributed by atoms with Crippen LogP contribution in [0.1, 0.15) is 16.8 Å². The number of nitrogens with one attached hydrogen (secondary N) is 2. The van der Waals surface area contributed by atoms with E-state index in [0.717, 1.165) is 30.0 Å². The first-order valence-electron chi connectivity index (χ1n) is 9.39. The van der Waals surface area contributed by atoms with Gasteiger partial charge in [0.1, 0.15) is 11.6 Å². The number of rotatable bonds is 9. The van der Waals surface area contributed by atoms with Crippen molar-refractivity contribution in [2.24, 2.45) is 0 Å². The van der Waals surface area contributed by atoms with Crippen LogP contribution in [-0.2, 0) is 10.0 Å². The summed E-state index contributed by atoms with van der Waals surface area (Å²) in [6.45, 7) is 0.818. The zero-order valence-electron chi connectivity index (χ0n) is 16.3. The van der Waals surface area contributed by atoms with Crippen LogP contribution in [-0.4, -0.2) is 27.5 Å². The molecule has 1 amide bonds. The number of para-hydroxylation sites is 1. The van der Waals surface area contributed by atoms with Crippen LogP contribution < -0.4 is 14.8 Å². The van der Waals surface area contributed by atoms with Crippen molar-refractivity contribution in [2.45, 2.75) is 11.3 Å². The highest BCUT2D eigenvalue weighted by molar-refractivity contribution is 7.92. The molecular weight excluding hydrogens is 443 g/mol. The van der Waals surface area contributed by atoms with Gasteiger partial charge in [-0.05, 0) is 61.0 Å². The van der Waals surface area contributed by atoms with Gasteiger partial charge in [-0.25, -0.2) is 12.8 Å². The Hall–Kier alpha value is -3.10. The summed E-state index contributed by atoms with van der Waals surface area (Å²) in [4.78, 5) is 12.3. The van der Waals surface area contributed by atoms with Crippen molar-refractivity contribution >= 4 is 33.2 Å². The largest absolute Gasteiger partial charge is 0.494 e. The first-order chi connectivity index (χ1) is 14.8. The molecule has 0 saturated carbocycles. The van der Waals surface area contributed by atoms with E-state index >= 15 is 0 Å². The Morgan fingerprint density at radius 2 is 1.71 bits per heavy atom. The number of halogens is 2. The average Bonchev–Trinajstić information content (AvgIpc) is 2.76. The molecule has 3 aromatic rings. The van der Waals surface area contributed by atoms with E-state index in [1.54, 1.807) is 0 Å². The van der Waals surface area contributed by atoms with Crippen LogP contribution in [0.3, 0.4) is 0 Å². The van der Waals surface area contributed by atoms with Crippen LogP contribution in [0.15, 0.2) is 77.7 Å². The normalized spacial score (nSPS) is 11.0. The van der Waals surface area contributed by atoms with Crippen LogP contribution >= 0.6 is 11.6 Å². The summed E-state index contributed by atoms with van der Waals surface area (Å²) >= 11 is 6.09. The summed E-state index contributed by atoms with van der Waals surface area (Å²) in [7, 11) is -4.00. The molecule has 0 heterocycles. The molecule has 0 aromatic heterocycles.